The zero-order valence-electron chi connectivity index (χ0n) is 28.9. The fourth-order valence-corrected chi connectivity index (χ4v) is 6.65. The third kappa shape index (κ3) is 10.1. The number of ether oxygens (including phenoxy) is 2. The second-order valence-electron chi connectivity index (χ2n) is 13.3. The van der Waals surface area contributed by atoms with Gasteiger partial charge >= 0.3 is 0 Å². The average molecular weight is 653 g/mol. The molecule has 2 aliphatic rings. The molecule has 0 radical (unpaired) electrons. The fourth-order valence-electron chi connectivity index (χ4n) is 6.65. The molecule has 1 atom stereocenters. The molecule has 4 N–H and O–H groups in total. The SMILES string of the molecule is CCCCC(C)N(CCNCCc1ccc(O)c2c1OCC(=O)N2)C(=O)CCOCCc1ccc(O)c(C2(C)CCN(CC)CC2)c1. The predicted octanol–water partition coefficient (Wildman–Crippen LogP) is 4.99. The van der Waals surface area contributed by atoms with E-state index >= 15 is 0 Å². The third-order valence-electron chi connectivity index (χ3n) is 9.87. The average Bonchev–Trinajstić information content (AvgIpc) is 3.07. The summed E-state index contributed by atoms with van der Waals surface area (Å²) in [6.45, 7) is 14.7. The van der Waals surface area contributed by atoms with Crippen LogP contribution in [0.15, 0.2) is 30.3 Å². The molecule has 2 heterocycles. The second kappa shape index (κ2) is 17.7. The van der Waals surface area contributed by atoms with Gasteiger partial charge in [0.15, 0.2) is 12.4 Å². The van der Waals surface area contributed by atoms with Crippen LogP contribution in [0.4, 0.5) is 5.69 Å². The molecule has 2 amide bonds. The summed E-state index contributed by atoms with van der Waals surface area (Å²) in [6, 6.07) is 9.47. The van der Waals surface area contributed by atoms with Crippen molar-refractivity contribution < 1.29 is 29.3 Å². The van der Waals surface area contributed by atoms with Crippen LogP contribution in [-0.4, -0.2) is 97.0 Å². The monoisotopic (exact) mass is 652 g/mol. The Hall–Kier alpha value is -3.34. The minimum atomic E-state index is -0.283. The number of phenols is 2. The maximum Gasteiger partial charge on any atom is 0.262 e. The van der Waals surface area contributed by atoms with Crippen molar-refractivity contribution in [2.45, 2.75) is 90.5 Å². The number of carbonyl (C=O) groups is 2. The Morgan fingerprint density at radius 2 is 1.87 bits per heavy atom. The topological polar surface area (TPSA) is 124 Å². The van der Waals surface area contributed by atoms with E-state index in [2.05, 4.69) is 49.3 Å². The second-order valence-corrected chi connectivity index (χ2v) is 13.3. The number of benzene rings is 2. The maximum atomic E-state index is 13.3. The molecule has 10 heteroatoms. The molecule has 0 spiro atoms. The number of piperidine rings is 1. The van der Waals surface area contributed by atoms with Crippen LogP contribution in [0.2, 0.25) is 0 Å². The number of amides is 2. The lowest BCUT2D eigenvalue weighted by Crippen LogP contribution is -2.43. The summed E-state index contributed by atoms with van der Waals surface area (Å²) in [4.78, 5) is 29.4. The number of phenolic OH excluding ortho intramolecular Hbond substituents is 2. The maximum absolute atomic E-state index is 13.3. The van der Waals surface area contributed by atoms with Crippen LogP contribution < -0.4 is 15.4 Å². The van der Waals surface area contributed by atoms with E-state index in [-0.39, 0.29) is 35.6 Å². The lowest BCUT2D eigenvalue weighted by molar-refractivity contribution is -0.134. The van der Waals surface area contributed by atoms with Gasteiger partial charge in [0.05, 0.1) is 19.6 Å². The summed E-state index contributed by atoms with van der Waals surface area (Å²) in [5.74, 6) is 0.707. The largest absolute Gasteiger partial charge is 0.508 e. The molecule has 2 aromatic carbocycles. The van der Waals surface area contributed by atoms with Crippen molar-refractivity contribution in [3.8, 4) is 17.2 Å². The van der Waals surface area contributed by atoms with E-state index in [1.54, 1.807) is 6.07 Å². The predicted molar refractivity (Wildman–Crippen MR) is 185 cm³/mol. The minimum absolute atomic E-state index is 0.00812. The summed E-state index contributed by atoms with van der Waals surface area (Å²) in [6.07, 6.45) is 6.93. The minimum Gasteiger partial charge on any atom is -0.508 e. The Kier molecular flexibility index (Phi) is 13.8. The van der Waals surface area contributed by atoms with Gasteiger partial charge in [-0.25, -0.2) is 0 Å². The lowest BCUT2D eigenvalue weighted by atomic mass is 9.73. The Morgan fingerprint density at radius 1 is 1.11 bits per heavy atom. The van der Waals surface area contributed by atoms with E-state index in [9.17, 15) is 19.8 Å². The summed E-state index contributed by atoms with van der Waals surface area (Å²) in [7, 11) is 0. The molecule has 1 saturated heterocycles. The lowest BCUT2D eigenvalue weighted by Gasteiger charge is -2.39. The zero-order valence-corrected chi connectivity index (χ0v) is 28.9. The van der Waals surface area contributed by atoms with Crippen LogP contribution in [0.3, 0.4) is 0 Å². The van der Waals surface area contributed by atoms with Gasteiger partial charge in [-0.3, -0.25) is 9.59 Å². The van der Waals surface area contributed by atoms with E-state index in [0.717, 1.165) is 74.8 Å². The molecule has 2 aromatic rings. The molecule has 1 unspecified atom stereocenters. The van der Waals surface area contributed by atoms with Crippen molar-refractivity contribution in [3.05, 3.63) is 47.0 Å². The van der Waals surface area contributed by atoms with Gasteiger partial charge in [-0.15, -0.1) is 0 Å². The Morgan fingerprint density at radius 3 is 2.62 bits per heavy atom. The van der Waals surface area contributed by atoms with E-state index in [1.807, 2.05) is 23.1 Å². The summed E-state index contributed by atoms with van der Waals surface area (Å²) >= 11 is 0. The molecule has 10 nitrogen and oxygen atoms in total. The smallest absolute Gasteiger partial charge is 0.262 e. The molecular formula is C37H56N4O6. The standard InChI is InChI=1S/C37H56N4O6/c1-5-7-8-27(3)41(22-19-38-18-13-29-10-12-32(43)35-36(29)47-26-33(44)39-35)34(45)15-24-46-23-14-28-9-11-31(42)30(25-28)37(4)16-20-40(6-2)21-17-37/h9-12,25,27,38,42-43H,5-8,13-24,26H2,1-4H3,(H,39,44). The van der Waals surface area contributed by atoms with Crippen molar-refractivity contribution in [3.63, 3.8) is 0 Å². The van der Waals surface area contributed by atoms with Crippen LogP contribution in [-0.2, 0) is 32.6 Å². The Labute approximate surface area is 280 Å². The molecule has 0 bridgehead atoms. The van der Waals surface area contributed by atoms with E-state index in [4.69, 9.17) is 9.47 Å². The van der Waals surface area contributed by atoms with Gasteiger partial charge < -0.3 is 40.1 Å². The van der Waals surface area contributed by atoms with Crippen molar-refractivity contribution in [2.75, 3.05) is 64.4 Å². The highest BCUT2D eigenvalue weighted by atomic mass is 16.5. The van der Waals surface area contributed by atoms with Crippen LogP contribution in [0.5, 0.6) is 17.2 Å². The number of aromatic hydroxyl groups is 2. The van der Waals surface area contributed by atoms with Gasteiger partial charge in [0.2, 0.25) is 5.91 Å². The van der Waals surface area contributed by atoms with Gasteiger partial charge in [-0.2, -0.15) is 0 Å². The third-order valence-corrected chi connectivity index (χ3v) is 9.87. The van der Waals surface area contributed by atoms with Gasteiger partial charge in [0.1, 0.15) is 17.2 Å². The molecule has 2 aliphatic heterocycles. The number of carbonyl (C=O) groups excluding carboxylic acids is 2. The van der Waals surface area contributed by atoms with E-state index < -0.39 is 0 Å². The number of nitrogens with one attached hydrogen (secondary N) is 2. The first-order valence-corrected chi connectivity index (χ1v) is 17.5. The van der Waals surface area contributed by atoms with Gasteiger partial charge in [-0.05, 0) is 93.9 Å². The molecule has 4 rings (SSSR count). The first-order chi connectivity index (χ1) is 22.6. The number of hydrogen-bond donors (Lipinski definition) is 4. The molecule has 0 aromatic heterocycles. The van der Waals surface area contributed by atoms with Crippen molar-refractivity contribution in [2.24, 2.45) is 0 Å². The van der Waals surface area contributed by atoms with Gasteiger partial charge in [0.25, 0.3) is 5.91 Å². The van der Waals surface area contributed by atoms with Crippen molar-refractivity contribution in [1.82, 2.24) is 15.1 Å². The van der Waals surface area contributed by atoms with Crippen LogP contribution in [0.25, 0.3) is 0 Å². The number of anilines is 1. The molecule has 260 valence electrons. The highest BCUT2D eigenvalue weighted by molar-refractivity contribution is 5.97. The quantitative estimate of drug-likeness (QED) is 0.131. The zero-order chi connectivity index (χ0) is 33.8. The van der Waals surface area contributed by atoms with E-state index in [0.29, 0.717) is 62.9 Å². The van der Waals surface area contributed by atoms with Crippen molar-refractivity contribution in [1.29, 1.82) is 0 Å². The fraction of sp³-hybridized carbons (Fsp3) is 0.622. The summed E-state index contributed by atoms with van der Waals surface area (Å²) in [5.41, 5.74) is 3.39. The number of rotatable bonds is 18. The van der Waals surface area contributed by atoms with Gasteiger partial charge in [0, 0.05) is 24.7 Å². The number of fused-ring (bicyclic) bond motifs is 1. The molecular weight excluding hydrogens is 596 g/mol. The Bertz CT molecular complexity index is 1330. The van der Waals surface area contributed by atoms with E-state index in [1.165, 1.54) is 0 Å². The molecule has 1 fully saturated rings. The van der Waals surface area contributed by atoms with Crippen LogP contribution in [0.1, 0.15) is 82.9 Å². The highest BCUT2D eigenvalue weighted by Gasteiger charge is 2.33. The summed E-state index contributed by atoms with van der Waals surface area (Å²) in [5, 5.41) is 26.9. The summed E-state index contributed by atoms with van der Waals surface area (Å²) < 4.78 is 11.5. The number of unbranched alkanes of at least 4 members (excludes halogenated alkanes) is 1. The molecule has 0 saturated carbocycles. The van der Waals surface area contributed by atoms with Crippen LogP contribution >= 0.6 is 0 Å². The molecule has 0 aliphatic carbocycles. The molecule has 47 heavy (non-hydrogen) atoms. The van der Waals surface area contributed by atoms with Crippen LogP contribution in [0, 0.1) is 0 Å². The first-order valence-electron chi connectivity index (χ1n) is 17.5. The first kappa shape index (κ1) is 36.5. The number of hydrogen-bond acceptors (Lipinski definition) is 8. The van der Waals surface area contributed by atoms with Gasteiger partial charge in [-0.1, -0.05) is 51.8 Å². The number of likely N-dealkylation sites (tertiary alicyclic amines) is 1. The Balaban J connectivity index is 1.21. The van der Waals surface area contributed by atoms with Crippen molar-refractivity contribution >= 4 is 17.5 Å². The normalized spacial score (nSPS) is 16.6. The number of nitrogens with zero attached hydrogens (tertiary/aromatic N) is 2. The highest BCUT2D eigenvalue weighted by Crippen LogP contribution is 2.40.